The number of allylic oxidation sites excluding steroid dienone is 1. The number of carbonyl (C=O) groups excluding carboxylic acids is 1. The quantitative estimate of drug-likeness (QED) is 0.800. The van der Waals surface area contributed by atoms with Crippen LogP contribution < -0.4 is 5.32 Å². The van der Waals surface area contributed by atoms with Crippen LogP contribution in [0.25, 0.3) is 5.57 Å². The molecule has 0 aliphatic rings. The number of aliphatic hydroxyl groups is 1. The van der Waals surface area contributed by atoms with Gasteiger partial charge < -0.3 is 10.4 Å². The van der Waals surface area contributed by atoms with E-state index in [-0.39, 0.29) is 24.5 Å². The molecular formula is C16H23NO2. The fraction of sp³-hybridized carbons (Fsp3) is 0.438. The second kappa shape index (κ2) is 7.10. The highest BCUT2D eigenvalue weighted by Crippen LogP contribution is 2.23. The van der Waals surface area contributed by atoms with Crippen LogP contribution in [0.15, 0.2) is 30.3 Å². The molecule has 1 atom stereocenters. The van der Waals surface area contributed by atoms with Crippen LogP contribution in [0.5, 0.6) is 0 Å². The summed E-state index contributed by atoms with van der Waals surface area (Å²) >= 11 is 0. The van der Waals surface area contributed by atoms with Crippen LogP contribution in [0.3, 0.4) is 0 Å². The topological polar surface area (TPSA) is 49.3 Å². The third-order valence-corrected chi connectivity index (χ3v) is 2.96. The largest absolute Gasteiger partial charge is 0.394 e. The molecule has 1 amide bonds. The molecule has 3 nitrogen and oxygen atoms in total. The molecule has 0 saturated heterocycles. The number of aliphatic hydroxyl groups excluding tert-OH is 1. The predicted molar refractivity (Wildman–Crippen MR) is 78.7 cm³/mol. The summed E-state index contributed by atoms with van der Waals surface area (Å²) in [6, 6.07) is 7.92. The zero-order valence-electron chi connectivity index (χ0n) is 12.1. The molecule has 19 heavy (non-hydrogen) atoms. The van der Waals surface area contributed by atoms with Crippen LogP contribution >= 0.6 is 0 Å². The van der Waals surface area contributed by atoms with Crippen molar-refractivity contribution in [1.29, 1.82) is 0 Å². The van der Waals surface area contributed by atoms with E-state index in [1.54, 1.807) is 13.0 Å². The van der Waals surface area contributed by atoms with Crippen molar-refractivity contribution in [3.05, 3.63) is 41.5 Å². The first kappa shape index (κ1) is 15.4. The van der Waals surface area contributed by atoms with E-state index in [0.29, 0.717) is 0 Å². The molecule has 0 spiro atoms. The summed E-state index contributed by atoms with van der Waals surface area (Å²) in [5.41, 5.74) is 3.26. The van der Waals surface area contributed by atoms with Gasteiger partial charge in [0.25, 0.3) is 0 Å². The molecule has 0 aliphatic carbocycles. The summed E-state index contributed by atoms with van der Waals surface area (Å²) < 4.78 is 0. The number of nitrogens with one attached hydrogen (secondary N) is 1. The second-order valence-corrected chi connectivity index (χ2v) is 5.21. The Hall–Kier alpha value is -1.61. The third kappa shape index (κ3) is 4.87. The Morgan fingerprint density at radius 2 is 1.84 bits per heavy atom. The van der Waals surface area contributed by atoms with Crippen molar-refractivity contribution in [3.63, 3.8) is 0 Å². The number of hydrogen-bond acceptors (Lipinski definition) is 2. The van der Waals surface area contributed by atoms with E-state index in [2.05, 4.69) is 19.2 Å². The van der Waals surface area contributed by atoms with Gasteiger partial charge in [0, 0.05) is 12.1 Å². The minimum atomic E-state index is -0.227. The van der Waals surface area contributed by atoms with Crippen LogP contribution in [0.2, 0.25) is 0 Å². The monoisotopic (exact) mass is 261 g/mol. The average molecular weight is 261 g/mol. The Morgan fingerprint density at radius 1 is 1.26 bits per heavy atom. The molecule has 1 rings (SSSR count). The van der Waals surface area contributed by atoms with Gasteiger partial charge in [-0.1, -0.05) is 43.7 Å². The van der Waals surface area contributed by atoms with Crippen LogP contribution in [-0.4, -0.2) is 23.7 Å². The first-order valence-electron chi connectivity index (χ1n) is 6.64. The highest BCUT2D eigenvalue weighted by atomic mass is 16.3. The average Bonchev–Trinajstić information content (AvgIpc) is 2.36. The van der Waals surface area contributed by atoms with Crippen molar-refractivity contribution < 1.29 is 9.90 Å². The molecule has 0 aromatic heterocycles. The van der Waals surface area contributed by atoms with Gasteiger partial charge in [0.2, 0.25) is 5.91 Å². The van der Waals surface area contributed by atoms with E-state index in [1.807, 2.05) is 31.2 Å². The van der Waals surface area contributed by atoms with Crippen LogP contribution in [0.1, 0.15) is 31.9 Å². The molecule has 0 saturated carbocycles. The maximum Gasteiger partial charge on any atom is 0.244 e. The smallest absolute Gasteiger partial charge is 0.244 e. The molecule has 0 bridgehead atoms. The van der Waals surface area contributed by atoms with Gasteiger partial charge in [0.05, 0.1) is 6.61 Å². The Kier molecular flexibility index (Phi) is 5.77. The molecule has 2 N–H and O–H groups in total. The number of hydrogen-bond donors (Lipinski definition) is 2. The minimum absolute atomic E-state index is 0.0544. The molecule has 0 aliphatic heterocycles. The molecule has 1 aromatic rings. The van der Waals surface area contributed by atoms with E-state index in [4.69, 9.17) is 5.11 Å². The Morgan fingerprint density at radius 3 is 2.32 bits per heavy atom. The molecule has 0 fully saturated rings. The SMILES string of the molecule is Cc1ccc(/C(=C/C(=O)NC(C)CO)C(C)C)cc1. The van der Waals surface area contributed by atoms with Gasteiger partial charge in [0.15, 0.2) is 0 Å². The minimum Gasteiger partial charge on any atom is -0.394 e. The van der Waals surface area contributed by atoms with Crippen molar-refractivity contribution >= 4 is 11.5 Å². The normalized spacial score (nSPS) is 13.5. The highest BCUT2D eigenvalue weighted by Gasteiger charge is 2.10. The Bertz CT molecular complexity index is 446. The lowest BCUT2D eigenvalue weighted by Crippen LogP contribution is -2.34. The van der Waals surface area contributed by atoms with Crippen molar-refractivity contribution in [1.82, 2.24) is 5.32 Å². The zero-order valence-corrected chi connectivity index (χ0v) is 12.1. The third-order valence-electron chi connectivity index (χ3n) is 2.96. The highest BCUT2D eigenvalue weighted by molar-refractivity contribution is 5.95. The van der Waals surface area contributed by atoms with E-state index in [0.717, 1.165) is 11.1 Å². The van der Waals surface area contributed by atoms with Crippen molar-refractivity contribution in [3.8, 4) is 0 Å². The van der Waals surface area contributed by atoms with Gasteiger partial charge in [-0.05, 0) is 30.9 Å². The number of aryl methyl sites for hydroxylation is 1. The van der Waals surface area contributed by atoms with Gasteiger partial charge in [-0.2, -0.15) is 0 Å². The number of benzene rings is 1. The zero-order chi connectivity index (χ0) is 14.4. The summed E-state index contributed by atoms with van der Waals surface area (Å²) in [4.78, 5) is 11.9. The molecule has 0 radical (unpaired) electrons. The maximum atomic E-state index is 11.9. The summed E-state index contributed by atoms with van der Waals surface area (Å²) in [6.45, 7) is 7.88. The summed E-state index contributed by atoms with van der Waals surface area (Å²) in [5.74, 6) is 0.101. The predicted octanol–water partition coefficient (Wildman–Crippen LogP) is 2.53. The fourth-order valence-electron chi connectivity index (χ4n) is 1.80. The number of rotatable bonds is 5. The lowest BCUT2D eigenvalue weighted by Gasteiger charge is -2.14. The molecule has 104 valence electrons. The van der Waals surface area contributed by atoms with E-state index in [9.17, 15) is 4.79 Å². The van der Waals surface area contributed by atoms with Gasteiger partial charge in [-0.3, -0.25) is 4.79 Å². The summed E-state index contributed by atoms with van der Waals surface area (Å²) in [6.07, 6.45) is 1.63. The second-order valence-electron chi connectivity index (χ2n) is 5.21. The maximum absolute atomic E-state index is 11.9. The first-order valence-corrected chi connectivity index (χ1v) is 6.64. The van der Waals surface area contributed by atoms with Crippen LogP contribution in [0, 0.1) is 12.8 Å². The van der Waals surface area contributed by atoms with Gasteiger partial charge in [-0.25, -0.2) is 0 Å². The number of amides is 1. The van der Waals surface area contributed by atoms with E-state index in [1.165, 1.54) is 5.56 Å². The molecule has 1 unspecified atom stereocenters. The lowest BCUT2D eigenvalue weighted by atomic mass is 9.94. The van der Waals surface area contributed by atoms with Gasteiger partial charge >= 0.3 is 0 Å². The van der Waals surface area contributed by atoms with Gasteiger partial charge in [-0.15, -0.1) is 0 Å². The van der Waals surface area contributed by atoms with Crippen LogP contribution in [0.4, 0.5) is 0 Å². The lowest BCUT2D eigenvalue weighted by molar-refractivity contribution is -0.117. The first-order chi connectivity index (χ1) is 8.93. The van der Waals surface area contributed by atoms with Crippen molar-refractivity contribution in [2.45, 2.75) is 33.7 Å². The standard InChI is InChI=1S/C16H23NO2/c1-11(2)15(9-16(19)17-13(4)10-18)14-7-5-12(3)6-8-14/h5-9,11,13,18H,10H2,1-4H3,(H,17,19)/b15-9+. The molecular weight excluding hydrogens is 238 g/mol. The molecule has 1 aromatic carbocycles. The van der Waals surface area contributed by atoms with Crippen molar-refractivity contribution in [2.24, 2.45) is 5.92 Å². The Labute approximate surface area is 115 Å². The van der Waals surface area contributed by atoms with E-state index < -0.39 is 0 Å². The summed E-state index contributed by atoms with van der Waals surface area (Å²) in [7, 11) is 0. The van der Waals surface area contributed by atoms with Gasteiger partial charge in [0.1, 0.15) is 0 Å². The number of carbonyl (C=O) groups is 1. The fourth-order valence-corrected chi connectivity index (χ4v) is 1.80. The van der Waals surface area contributed by atoms with Crippen LogP contribution in [-0.2, 0) is 4.79 Å². The molecule has 3 heteroatoms. The van der Waals surface area contributed by atoms with E-state index >= 15 is 0 Å². The Balaban J connectivity index is 2.94. The molecule has 0 heterocycles. The van der Waals surface area contributed by atoms with Crippen molar-refractivity contribution in [2.75, 3.05) is 6.61 Å². The summed E-state index contributed by atoms with van der Waals surface area (Å²) in [5, 5.41) is 11.7.